The van der Waals surface area contributed by atoms with Crippen molar-refractivity contribution in [3.63, 3.8) is 0 Å². The number of pyridine rings is 1. The lowest BCUT2D eigenvalue weighted by molar-refractivity contribution is 0.681. The van der Waals surface area contributed by atoms with Crippen molar-refractivity contribution >= 4 is 23.0 Å². The first-order valence-corrected chi connectivity index (χ1v) is 6.52. The van der Waals surface area contributed by atoms with E-state index < -0.39 is 0 Å². The topological polar surface area (TPSA) is 42.1 Å². The van der Waals surface area contributed by atoms with E-state index in [-0.39, 0.29) is 0 Å². The second-order valence-electron chi connectivity index (χ2n) is 4.16. The summed E-state index contributed by atoms with van der Waals surface area (Å²) >= 11 is 1.80. The summed E-state index contributed by atoms with van der Waals surface area (Å²) in [5.74, 6) is 1.49. The Labute approximate surface area is 106 Å². The molecule has 2 aromatic heterocycles. The molecule has 0 fully saturated rings. The largest absolute Gasteiger partial charge is 0.384 e. The summed E-state index contributed by atoms with van der Waals surface area (Å²) in [4.78, 5) is 7.89. The Bertz CT molecular complexity index is 467. The highest BCUT2D eigenvalue weighted by Gasteiger charge is 2.12. The number of nitrogen functional groups attached to an aromatic ring is 1. The Balaban J connectivity index is 2.06. The lowest BCUT2D eigenvalue weighted by Crippen LogP contribution is -2.31. The van der Waals surface area contributed by atoms with E-state index in [9.17, 15) is 0 Å². The van der Waals surface area contributed by atoms with Crippen LogP contribution < -0.4 is 10.6 Å². The van der Waals surface area contributed by atoms with Crippen LogP contribution in [0.5, 0.6) is 0 Å². The van der Waals surface area contributed by atoms with Crippen molar-refractivity contribution in [2.45, 2.75) is 19.4 Å². The molecule has 1 unspecified atom stereocenters. The molecule has 3 nitrogen and oxygen atoms in total. The minimum atomic E-state index is 0.406. The summed E-state index contributed by atoms with van der Waals surface area (Å²) in [6.45, 7) is 2.20. The number of thiophene rings is 1. The van der Waals surface area contributed by atoms with Gasteiger partial charge in [0.1, 0.15) is 11.6 Å². The van der Waals surface area contributed by atoms with Crippen LogP contribution in [0, 0.1) is 0 Å². The SMILES string of the molecule is CC(Cc1cccs1)N(C)c1cccc(N)n1. The van der Waals surface area contributed by atoms with Gasteiger partial charge in [-0.05, 0) is 30.5 Å². The molecule has 0 saturated heterocycles. The first-order chi connectivity index (χ1) is 8.16. The normalized spacial score (nSPS) is 12.4. The fraction of sp³-hybridized carbons (Fsp3) is 0.308. The maximum absolute atomic E-state index is 5.70. The Kier molecular flexibility index (Phi) is 3.64. The van der Waals surface area contributed by atoms with Crippen LogP contribution in [0.2, 0.25) is 0 Å². The molecule has 0 aromatic carbocycles. The van der Waals surface area contributed by atoms with Crippen molar-refractivity contribution < 1.29 is 0 Å². The smallest absolute Gasteiger partial charge is 0.130 e. The van der Waals surface area contributed by atoms with E-state index in [0.29, 0.717) is 11.9 Å². The zero-order valence-corrected chi connectivity index (χ0v) is 10.9. The number of aromatic nitrogens is 1. The summed E-state index contributed by atoms with van der Waals surface area (Å²) in [5.41, 5.74) is 5.70. The maximum Gasteiger partial charge on any atom is 0.130 e. The molecule has 17 heavy (non-hydrogen) atoms. The zero-order chi connectivity index (χ0) is 12.3. The van der Waals surface area contributed by atoms with Gasteiger partial charge >= 0.3 is 0 Å². The van der Waals surface area contributed by atoms with Crippen molar-refractivity contribution in [1.82, 2.24) is 4.98 Å². The summed E-state index contributed by atoms with van der Waals surface area (Å²) in [6.07, 6.45) is 1.03. The average Bonchev–Trinajstić information content (AvgIpc) is 2.80. The van der Waals surface area contributed by atoms with Gasteiger partial charge in [-0.3, -0.25) is 0 Å². The molecule has 1 atom stereocenters. The van der Waals surface area contributed by atoms with Crippen LogP contribution in [0.25, 0.3) is 0 Å². The third-order valence-electron chi connectivity index (χ3n) is 2.86. The molecule has 0 spiro atoms. The van der Waals surface area contributed by atoms with Crippen molar-refractivity contribution in [1.29, 1.82) is 0 Å². The quantitative estimate of drug-likeness (QED) is 0.903. The predicted octanol–water partition coefficient (Wildman–Crippen LogP) is 2.79. The molecule has 2 N–H and O–H groups in total. The molecule has 90 valence electrons. The third-order valence-corrected chi connectivity index (χ3v) is 3.75. The van der Waals surface area contributed by atoms with E-state index >= 15 is 0 Å². The number of anilines is 2. The molecule has 2 aromatic rings. The van der Waals surface area contributed by atoms with E-state index in [1.165, 1.54) is 4.88 Å². The van der Waals surface area contributed by atoms with Gasteiger partial charge in [0.15, 0.2) is 0 Å². The van der Waals surface area contributed by atoms with E-state index in [2.05, 4.69) is 41.4 Å². The van der Waals surface area contributed by atoms with Gasteiger partial charge < -0.3 is 10.6 Å². The molecule has 0 bridgehead atoms. The fourth-order valence-electron chi connectivity index (χ4n) is 1.72. The van der Waals surface area contributed by atoms with Gasteiger partial charge in [0.2, 0.25) is 0 Å². The molecule has 2 heterocycles. The van der Waals surface area contributed by atoms with Crippen LogP contribution in [0.15, 0.2) is 35.7 Å². The number of hydrogen-bond donors (Lipinski definition) is 1. The van der Waals surface area contributed by atoms with Gasteiger partial charge in [-0.2, -0.15) is 0 Å². The first-order valence-electron chi connectivity index (χ1n) is 5.64. The third kappa shape index (κ3) is 2.97. The Morgan fingerprint density at radius 2 is 2.18 bits per heavy atom. The highest BCUT2D eigenvalue weighted by atomic mass is 32.1. The molecule has 0 radical (unpaired) electrons. The summed E-state index contributed by atoms with van der Waals surface area (Å²) < 4.78 is 0. The second kappa shape index (κ2) is 5.19. The summed E-state index contributed by atoms with van der Waals surface area (Å²) in [7, 11) is 2.06. The first kappa shape index (κ1) is 11.9. The zero-order valence-electron chi connectivity index (χ0n) is 10.1. The molecule has 4 heteroatoms. The van der Waals surface area contributed by atoms with Gasteiger partial charge in [0.25, 0.3) is 0 Å². The summed E-state index contributed by atoms with van der Waals surface area (Å²) in [5, 5.41) is 2.11. The van der Waals surface area contributed by atoms with Gasteiger partial charge in [0.05, 0.1) is 0 Å². The monoisotopic (exact) mass is 247 g/mol. The van der Waals surface area contributed by atoms with Crippen LogP contribution in [0.4, 0.5) is 11.6 Å². The Morgan fingerprint density at radius 3 is 2.82 bits per heavy atom. The van der Waals surface area contributed by atoms with Crippen molar-refractivity contribution in [3.05, 3.63) is 40.6 Å². The molecular weight excluding hydrogens is 230 g/mol. The van der Waals surface area contributed by atoms with Gasteiger partial charge in [-0.1, -0.05) is 12.1 Å². The lowest BCUT2D eigenvalue weighted by atomic mass is 10.2. The molecule has 0 aliphatic carbocycles. The number of hydrogen-bond acceptors (Lipinski definition) is 4. The number of nitrogens with zero attached hydrogens (tertiary/aromatic N) is 2. The second-order valence-corrected chi connectivity index (χ2v) is 5.20. The van der Waals surface area contributed by atoms with Crippen molar-refractivity contribution in [2.24, 2.45) is 0 Å². The van der Waals surface area contributed by atoms with Gasteiger partial charge in [-0.25, -0.2) is 4.98 Å². The van der Waals surface area contributed by atoms with E-state index in [1.54, 1.807) is 17.4 Å². The minimum absolute atomic E-state index is 0.406. The maximum atomic E-state index is 5.70. The Hall–Kier alpha value is -1.55. The van der Waals surface area contributed by atoms with Crippen molar-refractivity contribution in [2.75, 3.05) is 17.7 Å². The van der Waals surface area contributed by atoms with E-state index in [1.807, 2.05) is 12.1 Å². The molecular formula is C13H17N3S. The summed E-state index contributed by atoms with van der Waals surface area (Å²) in [6, 6.07) is 10.4. The van der Waals surface area contributed by atoms with Gasteiger partial charge in [0, 0.05) is 24.4 Å². The number of likely N-dealkylation sites (N-methyl/N-ethyl adjacent to an activating group) is 1. The number of nitrogens with two attached hydrogens (primary N) is 1. The number of rotatable bonds is 4. The molecule has 0 aliphatic rings. The predicted molar refractivity (Wildman–Crippen MR) is 74.5 cm³/mol. The fourth-order valence-corrected chi connectivity index (χ4v) is 2.55. The molecule has 0 saturated carbocycles. The minimum Gasteiger partial charge on any atom is -0.384 e. The Morgan fingerprint density at radius 1 is 1.35 bits per heavy atom. The standard InChI is InChI=1S/C13H17N3S/c1-10(9-11-5-4-8-17-11)16(2)13-7-3-6-12(14)15-13/h3-8,10H,9H2,1-2H3,(H2,14,15). The van der Waals surface area contributed by atoms with Crippen LogP contribution in [-0.2, 0) is 6.42 Å². The molecule has 2 rings (SSSR count). The van der Waals surface area contributed by atoms with Gasteiger partial charge in [-0.15, -0.1) is 11.3 Å². The van der Waals surface area contributed by atoms with Crippen LogP contribution in [-0.4, -0.2) is 18.1 Å². The highest BCUT2D eigenvalue weighted by Crippen LogP contribution is 2.18. The van der Waals surface area contributed by atoms with E-state index in [0.717, 1.165) is 12.2 Å². The van der Waals surface area contributed by atoms with Crippen LogP contribution in [0.1, 0.15) is 11.8 Å². The highest BCUT2D eigenvalue weighted by molar-refractivity contribution is 7.09. The molecule has 0 aliphatic heterocycles. The average molecular weight is 247 g/mol. The van der Waals surface area contributed by atoms with Crippen LogP contribution in [0.3, 0.4) is 0 Å². The lowest BCUT2D eigenvalue weighted by Gasteiger charge is -2.25. The van der Waals surface area contributed by atoms with Crippen LogP contribution >= 0.6 is 11.3 Å². The molecule has 0 amide bonds. The van der Waals surface area contributed by atoms with Crippen molar-refractivity contribution in [3.8, 4) is 0 Å². The van der Waals surface area contributed by atoms with E-state index in [4.69, 9.17) is 5.73 Å².